The molecule has 1 atom stereocenters. The molecule has 0 bridgehead atoms. The Morgan fingerprint density at radius 1 is 1.32 bits per heavy atom. The lowest BCUT2D eigenvalue weighted by atomic mass is 9.97. The molecule has 4 rings (SSSR count). The van der Waals surface area contributed by atoms with Crippen LogP contribution in [0.25, 0.3) is 11.4 Å². The highest BCUT2D eigenvalue weighted by atomic mass is 16.5. The average Bonchev–Trinajstić information content (AvgIpc) is 3.39. The predicted molar refractivity (Wildman–Crippen MR) is 92.2 cm³/mol. The minimum Gasteiger partial charge on any atom is -0.493 e. The molecule has 1 saturated carbocycles. The SMILES string of the molecule is CCOc1ccccc1-c1noc(C2CCCN(C(=O)C3CC3)C2)n1. The van der Waals surface area contributed by atoms with Gasteiger partial charge in [0.1, 0.15) is 5.75 Å². The quantitative estimate of drug-likeness (QED) is 0.835. The van der Waals surface area contributed by atoms with Crippen molar-refractivity contribution in [1.29, 1.82) is 0 Å². The third-order valence-corrected chi connectivity index (χ3v) is 4.88. The maximum absolute atomic E-state index is 12.3. The fraction of sp³-hybridized carbons (Fsp3) is 0.526. The van der Waals surface area contributed by atoms with Crippen molar-refractivity contribution in [2.45, 2.75) is 38.5 Å². The molecule has 2 aliphatic rings. The summed E-state index contributed by atoms with van der Waals surface area (Å²) in [6, 6.07) is 7.71. The molecule has 2 heterocycles. The molecule has 1 amide bonds. The van der Waals surface area contributed by atoms with Gasteiger partial charge in [-0.3, -0.25) is 4.79 Å². The molecular weight excluding hydrogens is 318 g/mol. The van der Waals surface area contributed by atoms with E-state index in [1.54, 1.807) is 0 Å². The molecule has 0 N–H and O–H groups in total. The van der Waals surface area contributed by atoms with Crippen molar-refractivity contribution in [3.63, 3.8) is 0 Å². The van der Waals surface area contributed by atoms with Crippen LogP contribution in [0.3, 0.4) is 0 Å². The topological polar surface area (TPSA) is 68.5 Å². The summed E-state index contributed by atoms with van der Waals surface area (Å²) < 4.78 is 11.2. The third-order valence-electron chi connectivity index (χ3n) is 4.88. The van der Waals surface area contributed by atoms with Gasteiger partial charge in [0.15, 0.2) is 0 Å². The number of hydrogen-bond acceptors (Lipinski definition) is 5. The van der Waals surface area contributed by atoms with Gasteiger partial charge in [0.05, 0.1) is 18.1 Å². The Bertz CT molecular complexity index is 754. The van der Waals surface area contributed by atoms with Crippen LogP contribution in [0.2, 0.25) is 0 Å². The van der Waals surface area contributed by atoms with E-state index in [0.29, 0.717) is 30.8 Å². The minimum absolute atomic E-state index is 0.122. The van der Waals surface area contributed by atoms with Gasteiger partial charge in [-0.1, -0.05) is 17.3 Å². The van der Waals surface area contributed by atoms with E-state index in [1.807, 2.05) is 36.1 Å². The molecule has 1 aromatic heterocycles. The molecular formula is C19H23N3O3. The maximum atomic E-state index is 12.3. The number of benzene rings is 1. The summed E-state index contributed by atoms with van der Waals surface area (Å²) in [5.74, 6) is 2.60. The first-order valence-corrected chi connectivity index (χ1v) is 9.11. The molecule has 6 nitrogen and oxygen atoms in total. The molecule has 6 heteroatoms. The maximum Gasteiger partial charge on any atom is 0.231 e. The highest BCUT2D eigenvalue weighted by molar-refractivity contribution is 5.81. The lowest BCUT2D eigenvalue weighted by molar-refractivity contribution is -0.133. The number of para-hydroxylation sites is 1. The van der Waals surface area contributed by atoms with Crippen LogP contribution in [0, 0.1) is 5.92 Å². The predicted octanol–water partition coefficient (Wildman–Crippen LogP) is 3.25. The van der Waals surface area contributed by atoms with Gasteiger partial charge in [0, 0.05) is 19.0 Å². The van der Waals surface area contributed by atoms with Crippen LogP contribution < -0.4 is 4.74 Å². The van der Waals surface area contributed by atoms with Crippen molar-refractivity contribution in [3.8, 4) is 17.1 Å². The van der Waals surface area contributed by atoms with Gasteiger partial charge in [-0.2, -0.15) is 4.98 Å². The summed E-state index contributed by atoms with van der Waals surface area (Å²) in [6.45, 7) is 4.07. The molecule has 25 heavy (non-hydrogen) atoms. The molecule has 1 aliphatic carbocycles. The van der Waals surface area contributed by atoms with Crippen molar-refractivity contribution >= 4 is 5.91 Å². The molecule has 0 spiro atoms. The molecule has 2 aromatic rings. The van der Waals surface area contributed by atoms with E-state index in [1.165, 1.54) is 0 Å². The summed E-state index contributed by atoms with van der Waals surface area (Å²) >= 11 is 0. The highest BCUT2D eigenvalue weighted by Crippen LogP contribution is 2.35. The summed E-state index contributed by atoms with van der Waals surface area (Å²) in [4.78, 5) is 18.9. The summed E-state index contributed by atoms with van der Waals surface area (Å²) in [7, 11) is 0. The van der Waals surface area contributed by atoms with Gasteiger partial charge in [0.25, 0.3) is 0 Å². The van der Waals surface area contributed by atoms with E-state index in [9.17, 15) is 4.79 Å². The largest absolute Gasteiger partial charge is 0.493 e. The zero-order chi connectivity index (χ0) is 17.2. The second-order valence-corrected chi connectivity index (χ2v) is 6.78. The van der Waals surface area contributed by atoms with E-state index >= 15 is 0 Å². The fourth-order valence-electron chi connectivity index (χ4n) is 3.41. The van der Waals surface area contributed by atoms with Crippen molar-refractivity contribution in [2.75, 3.05) is 19.7 Å². The normalized spacial score (nSPS) is 20.5. The first-order chi connectivity index (χ1) is 12.3. The van der Waals surface area contributed by atoms with Crippen LogP contribution in [-0.2, 0) is 4.79 Å². The Hall–Kier alpha value is -2.37. The smallest absolute Gasteiger partial charge is 0.231 e. The lowest BCUT2D eigenvalue weighted by Gasteiger charge is -2.31. The highest BCUT2D eigenvalue weighted by Gasteiger charge is 2.36. The molecule has 0 radical (unpaired) electrons. The zero-order valence-corrected chi connectivity index (χ0v) is 14.5. The van der Waals surface area contributed by atoms with Crippen molar-refractivity contribution < 1.29 is 14.1 Å². The monoisotopic (exact) mass is 341 g/mol. The van der Waals surface area contributed by atoms with E-state index < -0.39 is 0 Å². The van der Waals surface area contributed by atoms with E-state index in [-0.39, 0.29) is 11.8 Å². The number of hydrogen-bond donors (Lipinski definition) is 0. The average molecular weight is 341 g/mol. The molecule has 1 aliphatic heterocycles. The van der Waals surface area contributed by atoms with Crippen LogP contribution in [0.5, 0.6) is 5.75 Å². The van der Waals surface area contributed by atoms with Crippen LogP contribution >= 0.6 is 0 Å². The first kappa shape index (κ1) is 16.1. The van der Waals surface area contributed by atoms with E-state index in [2.05, 4.69) is 10.1 Å². The molecule has 132 valence electrons. The Morgan fingerprint density at radius 3 is 2.96 bits per heavy atom. The van der Waals surface area contributed by atoms with Gasteiger partial charge in [-0.25, -0.2) is 0 Å². The number of ether oxygens (including phenoxy) is 1. The van der Waals surface area contributed by atoms with E-state index in [0.717, 1.165) is 43.5 Å². The second kappa shape index (κ2) is 6.86. The van der Waals surface area contributed by atoms with Crippen LogP contribution in [-0.4, -0.2) is 40.6 Å². The Balaban J connectivity index is 1.52. The number of nitrogens with zero attached hydrogens (tertiary/aromatic N) is 3. The summed E-state index contributed by atoms with van der Waals surface area (Å²) in [6.07, 6.45) is 4.04. The number of piperidine rings is 1. The van der Waals surface area contributed by atoms with Crippen molar-refractivity contribution in [3.05, 3.63) is 30.2 Å². The van der Waals surface area contributed by atoms with Gasteiger partial charge in [-0.15, -0.1) is 0 Å². The van der Waals surface area contributed by atoms with Gasteiger partial charge in [0.2, 0.25) is 17.6 Å². The number of carbonyl (C=O) groups excluding carboxylic acids is 1. The number of carbonyl (C=O) groups is 1. The van der Waals surface area contributed by atoms with Gasteiger partial charge < -0.3 is 14.2 Å². The van der Waals surface area contributed by atoms with Gasteiger partial charge >= 0.3 is 0 Å². The Kier molecular flexibility index (Phi) is 4.42. The molecule has 1 saturated heterocycles. The number of aromatic nitrogens is 2. The van der Waals surface area contributed by atoms with Crippen molar-refractivity contribution in [2.24, 2.45) is 5.92 Å². The second-order valence-electron chi connectivity index (χ2n) is 6.78. The standard InChI is InChI=1S/C19H23N3O3/c1-2-24-16-8-4-3-7-15(16)17-20-18(25-21-17)14-6-5-11-22(12-14)19(23)13-9-10-13/h3-4,7-8,13-14H,2,5-6,9-12H2,1H3. The number of amides is 1. The zero-order valence-electron chi connectivity index (χ0n) is 14.5. The van der Waals surface area contributed by atoms with Crippen molar-refractivity contribution in [1.82, 2.24) is 15.0 Å². The number of rotatable bonds is 5. The Labute approximate surface area is 147 Å². The first-order valence-electron chi connectivity index (χ1n) is 9.11. The van der Waals surface area contributed by atoms with Crippen LogP contribution in [0.15, 0.2) is 28.8 Å². The number of likely N-dealkylation sites (tertiary alicyclic amines) is 1. The Morgan fingerprint density at radius 2 is 2.16 bits per heavy atom. The molecule has 1 unspecified atom stereocenters. The molecule has 2 fully saturated rings. The van der Waals surface area contributed by atoms with Crippen LogP contribution in [0.1, 0.15) is 44.4 Å². The molecule has 1 aromatic carbocycles. The summed E-state index contributed by atoms with van der Waals surface area (Å²) in [5.41, 5.74) is 0.834. The third kappa shape index (κ3) is 3.38. The summed E-state index contributed by atoms with van der Waals surface area (Å²) in [5, 5.41) is 4.15. The minimum atomic E-state index is 0.122. The van der Waals surface area contributed by atoms with E-state index in [4.69, 9.17) is 9.26 Å². The van der Waals surface area contributed by atoms with Gasteiger partial charge in [-0.05, 0) is 44.7 Å². The fourth-order valence-corrected chi connectivity index (χ4v) is 3.41. The lowest BCUT2D eigenvalue weighted by Crippen LogP contribution is -2.40. The van der Waals surface area contributed by atoms with Crippen LogP contribution in [0.4, 0.5) is 0 Å².